The van der Waals surface area contributed by atoms with Crippen LogP contribution in [-0.2, 0) is 4.74 Å². The van der Waals surface area contributed by atoms with Crippen molar-refractivity contribution in [2.24, 2.45) is 0 Å². The van der Waals surface area contributed by atoms with Crippen LogP contribution in [0.15, 0.2) is 42.6 Å². The molecular weight excluding hydrogens is 302 g/mol. The molecule has 1 saturated heterocycles. The number of rotatable bonds is 4. The highest BCUT2D eigenvalue weighted by Crippen LogP contribution is 2.31. The molecule has 1 fully saturated rings. The third-order valence-corrected chi connectivity index (χ3v) is 4.48. The maximum absolute atomic E-state index is 13.1. The third kappa shape index (κ3) is 3.37. The van der Waals surface area contributed by atoms with E-state index in [0.29, 0.717) is 13.2 Å². The van der Waals surface area contributed by atoms with E-state index < -0.39 is 0 Å². The first kappa shape index (κ1) is 16.7. The number of morpholine rings is 1. The predicted octanol–water partition coefficient (Wildman–Crippen LogP) is 2.47. The molecule has 24 heavy (non-hydrogen) atoms. The Balaban J connectivity index is 1.96. The zero-order valence-electron chi connectivity index (χ0n) is 14.5. The van der Waals surface area contributed by atoms with Gasteiger partial charge in [-0.25, -0.2) is 0 Å². The Hall–Kier alpha value is -2.11. The van der Waals surface area contributed by atoms with Crippen molar-refractivity contribution in [2.45, 2.75) is 19.1 Å². The smallest absolute Gasteiger partial charge is 0.256 e. The monoisotopic (exact) mass is 327 g/mol. The second kappa shape index (κ2) is 7.20. The van der Waals surface area contributed by atoms with Gasteiger partial charge in [0.25, 0.3) is 5.91 Å². The third-order valence-electron chi connectivity index (χ3n) is 4.48. The number of hydrogen-bond donors (Lipinski definition) is 1. The van der Waals surface area contributed by atoms with Crippen molar-refractivity contribution >= 4 is 5.91 Å². The first-order valence-electron chi connectivity index (χ1n) is 8.34. The molecule has 1 aromatic carbocycles. The maximum Gasteiger partial charge on any atom is 0.256 e. The van der Waals surface area contributed by atoms with Gasteiger partial charge in [0, 0.05) is 25.0 Å². The summed E-state index contributed by atoms with van der Waals surface area (Å²) < 4.78 is 6.04. The van der Waals surface area contributed by atoms with E-state index >= 15 is 0 Å². The van der Waals surface area contributed by atoms with E-state index in [1.807, 2.05) is 56.4 Å². The molecular formula is C19H25N3O2. The summed E-state index contributed by atoms with van der Waals surface area (Å²) in [7, 11) is 4.06. The zero-order valence-corrected chi connectivity index (χ0v) is 14.5. The van der Waals surface area contributed by atoms with Crippen LogP contribution in [0.2, 0.25) is 0 Å². The lowest BCUT2D eigenvalue weighted by molar-refractivity contribution is -0.0684. The van der Waals surface area contributed by atoms with E-state index in [0.717, 1.165) is 23.4 Å². The molecule has 3 rings (SSSR count). The molecule has 128 valence electrons. The van der Waals surface area contributed by atoms with Crippen molar-refractivity contribution < 1.29 is 9.53 Å². The number of likely N-dealkylation sites (N-methyl/N-ethyl adjacent to an activating group) is 1. The Kier molecular flexibility index (Phi) is 5.02. The summed E-state index contributed by atoms with van der Waals surface area (Å²) >= 11 is 0. The summed E-state index contributed by atoms with van der Waals surface area (Å²) in [5.74, 6) is 0.0645. The summed E-state index contributed by atoms with van der Waals surface area (Å²) in [6.07, 6.45) is 1.78. The second-order valence-corrected chi connectivity index (χ2v) is 6.54. The number of H-pyrrole nitrogens is 1. The minimum absolute atomic E-state index is 0.0423. The van der Waals surface area contributed by atoms with Crippen LogP contribution in [0.4, 0.5) is 0 Å². The lowest BCUT2D eigenvalue weighted by atomic mass is 9.96. The number of carbonyl (C=O) groups excluding carboxylic acids is 1. The Morgan fingerprint density at radius 2 is 2.04 bits per heavy atom. The molecule has 0 radical (unpaired) electrons. The minimum Gasteiger partial charge on any atom is -0.373 e. The predicted molar refractivity (Wildman–Crippen MR) is 94.0 cm³/mol. The number of ether oxygens (including phenoxy) is 1. The fraction of sp³-hybridized carbons (Fsp3) is 0.421. The van der Waals surface area contributed by atoms with Gasteiger partial charge >= 0.3 is 0 Å². The van der Waals surface area contributed by atoms with Crippen LogP contribution in [0.25, 0.3) is 0 Å². The van der Waals surface area contributed by atoms with E-state index in [9.17, 15) is 4.79 Å². The number of hydrogen-bond acceptors (Lipinski definition) is 3. The quantitative estimate of drug-likeness (QED) is 0.938. The average Bonchev–Trinajstić information content (AvgIpc) is 3.00. The lowest BCUT2D eigenvalue weighted by Crippen LogP contribution is -2.51. The minimum atomic E-state index is -0.0795. The summed E-state index contributed by atoms with van der Waals surface area (Å²) in [5.41, 5.74) is 2.76. The van der Waals surface area contributed by atoms with E-state index in [1.54, 1.807) is 0 Å². The van der Waals surface area contributed by atoms with Crippen molar-refractivity contribution in [2.75, 3.05) is 33.8 Å². The number of aromatic nitrogens is 1. The van der Waals surface area contributed by atoms with Gasteiger partial charge in [-0.2, -0.15) is 0 Å². The van der Waals surface area contributed by atoms with Crippen molar-refractivity contribution in [1.82, 2.24) is 14.8 Å². The number of carbonyl (C=O) groups is 1. The fourth-order valence-corrected chi connectivity index (χ4v) is 3.36. The molecule has 0 spiro atoms. The van der Waals surface area contributed by atoms with E-state index in [-0.39, 0.29) is 18.1 Å². The van der Waals surface area contributed by atoms with Gasteiger partial charge in [0.1, 0.15) is 0 Å². The molecule has 5 heteroatoms. The molecule has 2 heterocycles. The van der Waals surface area contributed by atoms with E-state index in [1.165, 1.54) is 0 Å². The summed E-state index contributed by atoms with van der Waals surface area (Å²) in [4.78, 5) is 20.3. The van der Waals surface area contributed by atoms with Gasteiger partial charge in [-0.15, -0.1) is 0 Å². The van der Waals surface area contributed by atoms with Gasteiger partial charge in [0.15, 0.2) is 0 Å². The lowest BCUT2D eigenvalue weighted by Gasteiger charge is -2.42. The van der Waals surface area contributed by atoms with Crippen LogP contribution >= 0.6 is 0 Å². The topological polar surface area (TPSA) is 48.6 Å². The number of aryl methyl sites for hydroxylation is 1. The molecule has 1 N–H and O–H groups in total. The van der Waals surface area contributed by atoms with Crippen LogP contribution < -0.4 is 0 Å². The van der Waals surface area contributed by atoms with Gasteiger partial charge in [0.05, 0.1) is 24.3 Å². The molecule has 0 saturated carbocycles. The molecule has 5 nitrogen and oxygen atoms in total. The highest BCUT2D eigenvalue weighted by molar-refractivity contribution is 5.95. The second-order valence-electron chi connectivity index (χ2n) is 6.54. The molecule has 1 amide bonds. The summed E-state index contributed by atoms with van der Waals surface area (Å²) in [6, 6.07) is 12.0. The Morgan fingerprint density at radius 3 is 2.67 bits per heavy atom. The zero-order chi connectivity index (χ0) is 17.1. The number of nitrogens with zero attached hydrogens (tertiary/aromatic N) is 2. The Morgan fingerprint density at radius 1 is 1.29 bits per heavy atom. The number of amides is 1. The van der Waals surface area contributed by atoms with Gasteiger partial charge in [0.2, 0.25) is 0 Å². The first-order chi connectivity index (χ1) is 11.6. The van der Waals surface area contributed by atoms with Crippen LogP contribution in [0.1, 0.15) is 27.7 Å². The maximum atomic E-state index is 13.1. The molecule has 2 aromatic rings. The number of aromatic amines is 1. The highest BCUT2D eigenvalue weighted by atomic mass is 16.5. The summed E-state index contributed by atoms with van der Waals surface area (Å²) in [5, 5.41) is 0. The molecule has 0 aliphatic carbocycles. The summed E-state index contributed by atoms with van der Waals surface area (Å²) in [6.45, 7) is 3.88. The van der Waals surface area contributed by atoms with Gasteiger partial charge in [-0.1, -0.05) is 30.3 Å². The SMILES string of the molecule is Cc1[nH]ccc1C(=O)N1CCO[C@@H](CN(C)C)[C@@H]1c1ccccc1. The Labute approximate surface area is 143 Å². The first-order valence-corrected chi connectivity index (χ1v) is 8.34. The normalized spacial score (nSPS) is 21.2. The number of benzene rings is 1. The van der Waals surface area contributed by atoms with Crippen molar-refractivity contribution in [3.05, 3.63) is 59.4 Å². The highest BCUT2D eigenvalue weighted by Gasteiger charge is 2.37. The largest absolute Gasteiger partial charge is 0.373 e. The van der Waals surface area contributed by atoms with Crippen molar-refractivity contribution in [1.29, 1.82) is 0 Å². The fourth-order valence-electron chi connectivity index (χ4n) is 3.36. The van der Waals surface area contributed by atoms with Crippen LogP contribution in [0.3, 0.4) is 0 Å². The van der Waals surface area contributed by atoms with E-state index in [4.69, 9.17) is 4.74 Å². The van der Waals surface area contributed by atoms with Crippen LogP contribution in [0.5, 0.6) is 0 Å². The molecule has 0 unspecified atom stereocenters. The van der Waals surface area contributed by atoms with Gasteiger partial charge < -0.3 is 19.5 Å². The van der Waals surface area contributed by atoms with Gasteiger partial charge in [-0.05, 0) is 32.6 Å². The Bertz CT molecular complexity index is 681. The molecule has 0 bridgehead atoms. The average molecular weight is 327 g/mol. The number of nitrogens with one attached hydrogen (secondary N) is 1. The molecule has 1 aliphatic heterocycles. The van der Waals surface area contributed by atoms with Crippen molar-refractivity contribution in [3.63, 3.8) is 0 Å². The molecule has 1 aliphatic rings. The standard InChI is InChI=1S/C19H25N3O2/c1-14-16(9-10-20-14)19(23)22-11-12-24-17(13-21(2)3)18(22)15-7-5-4-6-8-15/h4-10,17-18,20H,11-13H2,1-3H3/t17-,18-/m0/s1. The molecule has 2 atom stereocenters. The van der Waals surface area contributed by atoms with E-state index in [2.05, 4.69) is 22.0 Å². The van der Waals surface area contributed by atoms with Crippen LogP contribution in [0, 0.1) is 6.92 Å². The van der Waals surface area contributed by atoms with Crippen LogP contribution in [-0.4, -0.2) is 60.6 Å². The van der Waals surface area contributed by atoms with Gasteiger partial charge in [-0.3, -0.25) is 4.79 Å². The van der Waals surface area contributed by atoms with Crippen molar-refractivity contribution in [3.8, 4) is 0 Å². The molecule has 1 aromatic heterocycles.